The molecule has 0 bridgehead atoms. The molecule has 0 aromatic carbocycles. The Morgan fingerprint density at radius 2 is 2.15 bits per heavy atom. The molecule has 3 heterocycles. The van der Waals surface area contributed by atoms with Crippen LogP contribution < -0.4 is 0 Å². The molecule has 1 aliphatic rings. The Bertz CT molecular complexity index is 959. The van der Waals surface area contributed by atoms with E-state index in [9.17, 15) is 18.0 Å². The Balaban J connectivity index is 1.60. The number of amides is 1. The Morgan fingerprint density at radius 1 is 1.33 bits per heavy atom. The number of aromatic amines is 1. The second kappa shape index (κ2) is 6.71. The highest BCUT2D eigenvalue weighted by atomic mass is 19.4. The van der Waals surface area contributed by atoms with Crippen molar-refractivity contribution in [2.45, 2.75) is 25.4 Å². The molecule has 0 unspecified atom stereocenters. The van der Waals surface area contributed by atoms with Crippen LogP contribution in [0.5, 0.6) is 0 Å². The quantitative estimate of drug-likeness (QED) is 0.728. The van der Waals surface area contributed by atoms with E-state index in [2.05, 4.69) is 15.0 Å². The average molecular weight is 378 g/mol. The summed E-state index contributed by atoms with van der Waals surface area (Å²) < 4.78 is 44.1. The largest absolute Gasteiger partial charge is 0.458 e. The van der Waals surface area contributed by atoms with Gasteiger partial charge >= 0.3 is 6.18 Å². The maximum Gasteiger partial charge on any atom is 0.406 e. The van der Waals surface area contributed by atoms with E-state index in [0.29, 0.717) is 16.9 Å². The summed E-state index contributed by atoms with van der Waals surface area (Å²) in [6, 6.07) is 3.22. The van der Waals surface area contributed by atoms with E-state index in [1.807, 2.05) is 0 Å². The highest BCUT2D eigenvalue weighted by Crippen LogP contribution is 2.31. The fraction of sp³-hybridized carbons (Fsp3) is 0.389. The number of nitrogens with one attached hydrogen (secondary N) is 1. The van der Waals surface area contributed by atoms with Gasteiger partial charge in [-0.05, 0) is 30.9 Å². The summed E-state index contributed by atoms with van der Waals surface area (Å²) in [6.07, 6.45) is 2.63. The summed E-state index contributed by atoms with van der Waals surface area (Å²) in [5.41, 5.74) is 1.68. The summed E-state index contributed by atoms with van der Waals surface area (Å²) in [6.45, 7) is -1.20. The number of nitrogens with zero attached hydrogens (tertiary/aromatic N) is 3. The Morgan fingerprint density at radius 3 is 2.85 bits per heavy atom. The van der Waals surface area contributed by atoms with Crippen LogP contribution in [0.15, 0.2) is 35.3 Å². The van der Waals surface area contributed by atoms with Crippen molar-refractivity contribution < 1.29 is 22.4 Å². The van der Waals surface area contributed by atoms with Gasteiger partial charge in [-0.25, -0.2) is 9.97 Å². The predicted octanol–water partition coefficient (Wildman–Crippen LogP) is 4.02. The normalized spacial score (nSPS) is 15.1. The lowest BCUT2D eigenvalue weighted by Gasteiger charge is -2.32. The van der Waals surface area contributed by atoms with Crippen LogP contribution in [0, 0.1) is 5.92 Å². The fourth-order valence-corrected chi connectivity index (χ4v) is 3.25. The number of hydrogen-bond donors (Lipinski definition) is 1. The third-order valence-corrected chi connectivity index (χ3v) is 4.80. The Labute approximate surface area is 152 Å². The zero-order valence-electron chi connectivity index (χ0n) is 14.3. The van der Waals surface area contributed by atoms with Gasteiger partial charge in [0.25, 0.3) is 5.91 Å². The van der Waals surface area contributed by atoms with Gasteiger partial charge < -0.3 is 14.3 Å². The van der Waals surface area contributed by atoms with E-state index in [1.54, 1.807) is 12.3 Å². The highest BCUT2D eigenvalue weighted by molar-refractivity contribution is 5.95. The number of alkyl halides is 3. The standard InChI is InChI=1S/C18H17F3N4O2/c19-18(20,21)9-25(7-11-2-1-3-11)17(26)14-6-12(8-27-14)15-13-4-5-22-16(13)24-10-23-15/h4-6,8,10-11H,1-3,7,9H2,(H,22,23,24). The number of furan rings is 1. The van der Waals surface area contributed by atoms with Gasteiger partial charge in [-0.2, -0.15) is 13.2 Å². The number of halogens is 3. The molecular weight excluding hydrogens is 361 g/mol. The Kier molecular flexibility index (Phi) is 4.37. The SMILES string of the molecule is O=C(c1cc(-c2ncnc3[nH]ccc23)co1)N(CC1CCC1)CC(F)(F)F. The first-order valence-electron chi connectivity index (χ1n) is 8.64. The summed E-state index contributed by atoms with van der Waals surface area (Å²) in [4.78, 5) is 24.7. The molecular formula is C18H17F3N4O2. The van der Waals surface area contributed by atoms with Gasteiger partial charge in [0, 0.05) is 23.7 Å². The van der Waals surface area contributed by atoms with E-state index in [1.165, 1.54) is 18.7 Å². The van der Waals surface area contributed by atoms with Gasteiger partial charge in [0.15, 0.2) is 5.76 Å². The third-order valence-electron chi connectivity index (χ3n) is 4.80. The van der Waals surface area contributed by atoms with Gasteiger partial charge in [0.1, 0.15) is 24.8 Å². The van der Waals surface area contributed by atoms with Gasteiger partial charge in [-0.3, -0.25) is 4.79 Å². The zero-order chi connectivity index (χ0) is 19.0. The molecule has 0 atom stereocenters. The lowest BCUT2D eigenvalue weighted by atomic mass is 9.85. The molecule has 0 aliphatic heterocycles. The van der Waals surface area contributed by atoms with Crippen molar-refractivity contribution >= 4 is 16.9 Å². The van der Waals surface area contributed by atoms with Gasteiger partial charge in [-0.15, -0.1) is 0 Å². The second-order valence-electron chi connectivity index (χ2n) is 6.76. The first-order valence-corrected chi connectivity index (χ1v) is 8.64. The van der Waals surface area contributed by atoms with Gasteiger partial charge in [-0.1, -0.05) is 6.42 Å². The Hall–Kier alpha value is -2.84. The maximum atomic E-state index is 12.9. The van der Waals surface area contributed by atoms with Crippen LogP contribution in [-0.2, 0) is 0 Å². The smallest absolute Gasteiger partial charge is 0.406 e. The van der Waals surface area contributed by atoms with Gasteiger partial charge in [0.05, 0.1) is 5.69 Å². The number of rotatable bonds is 5. The first-order chi connectivity index (χ1) is 12.9. The molecule has 27 heavy (non-hydrogen) atoms. The van der Waals surface area contributed by atoms with Crippen LogP contribution in [0.1, 0.15) is 29.8 Å². The molecule has 0 saturated heterocycles. The summed E-state index contributed by atoms with van der Waals surface area (Å²) in [5, 5.41) is 0.735. The van der Waals surface area contributed by atoms with Crippen molar-refractivity contribution in [2.75, 3.05) is 13.1 Å². The van der Waals surface area contributed by atoms with Crippen LogP contribution in [0.3, 0.4) is 0 Å². The predicted molar refractivity (Wildman–Crippen MR) is 90.9 cm³/mol. The molecule has 0 radical (unpaired) electrons. The van der Waals surface area contributed by atoms with E-state index < -0.39 is 18.6 Å². The molecule has 1 fully saturated rings. The van der Waals surface area contributed by atoms with Crippen molar-refractivity contribution in [1.29, 1.82) is 0 Å². The topological polar surface area (TPSA) is 75.0 Å². The van der Waals surface area contributed by atoms with Crippen LogP contribution in [-0.4, -0.2) is 45.0 Å². The number of H-pyrrole nitrogens is 1. The second-order valence-corrected chi connectivity index (χ2v) is 6.76. The van der Waals surface area contributed by atoms with Crippen LogP contribution in [0.25, 0.3) is 22.3 Å². The molecule has 0 spiro atoms. The minimum Gasteiger partial charge on any atom is -0.458 e. The molecule has 1 amide bonds. The lowest BCUT2D eigenvalue weighted by Crippen LogP contribution is -2.42. The van der Waals surface area contributed by atoms with E-state index in [4.69, 9.17) is 4.42 Å². The average Bonchev–Trinajstić information content (AvgIpc) is 3.23. The maximum absolute atomic E-state index is 12.9. The van der Waals surface area contributed by atoms with Crippen LogP contribution in [0.4, 0.5) is 13.2 Å². The summed E-state index contributed by atoms with van der Waals surface area (Å²) in [5.74, 6) is -0.771. The molecule has 1 saturated carbocycles. The molecule has 9 heteroatoms. The molecule has 4 rings (SSSR count). The van der Waals surface area contributed by atoms with Crippen molar-refractivity contribution in [3.05, 3.63) is 36.7 Å². The molecule has 6 nitrogen and oxygen atoms in total. The van der Waals surface area contributed by atoms with Crippen molar-refractivity contribution in [2.24, 2.45) is 5.92 Å². The third kappa shape index (κ3) is 3.67. The van der Waals surface area contributed by atoms with Crippen molar-refractivity contribution in [1.82, 2.24) is 19.9 Å². The van der Waals surface area contributed by atoms with E-state index in [0.717, 1.165) is 29.5 Å². The number of fused-ring (bicyclic) bond motifs is 1. The number of carbonyl (C=O) groups is 1. The minimum atomic E-state index is -4.46. The van der Waals surface area contributed by atoms with Crippen molar-refractivity contribution in [3.63, 3.8) is 0 Å². The first kappa shape index (κ1) is 17.6. The van der Waals surface area contributed by atoms with Gasteiger partial charge in [0.2, 0.25) is 0 Å². The van der Waals surface area contributed by atoms with Crippen LogP contribution in [0.2, 0.25) is 0 Å². The zero-order valence-corrected chi connectivity index (χ0v) is 14.3. The fourth-order valence-electron chi connectivity index (χ4n) is 3.25. The monoisotopic (exact) mass is 378 g/mol. The van der Waals surface area contributed by atoms with Crippen molar-refractivity contribution in [3.8, 4) is 11.3 Å². The van der Waals surface area contributed by atoms with E-state index >= 15 is 0 Å². The molecule has 3 aromatic rings. The van der Waals surface area contributed by atoms with Crippen LogP contribution >= 0.6 is 0 Å². The molecule has 142 valence electrons. The molecule has 1 aliphatic carbocycles. The number of carbonyl (C=O) groups excluding carboxylic acids is 1. The molecule has 3 aromatic heterocycles. The number of hydrogen-bond acceptors (Lipinski definition) is 4. The van der Waals surface area contributed by atoms with E-state index in [-0.39, 0.29) is 18.2 Å². The summed E-state index contributed by atoms with van der Waals surface area (Å²) in [7, 11) is 0. The highest BCUT2D eigenvalue weighted by Gasteiger charge is 2.36. The minimum absolute atomic E-state index is 0.0872. The molecule has 1 N–H and O–H groups in total. The summed E-state index contributed by atoms with van der Waals surface area (Å²) >= 11 is 0. The lowest BCUT2D eigenvalue weighted by molar-refractivity contribution is -0.142. The number of aromatic nitrogens is 3.